The Morgan fingerprint density at radius 1 is 1.50 bits per heavy atom. The normalized spacial score (nSPS) is 43.8. The van der Waals surface area contributed by atoms with E-state index in [1.807, 2.05) is 0 Å². The van der Waals surface area contributed by atoms with Gasteiger partial charge in [0.25, 0.3) is 0 Å². The smallest absolute Gasteiger partial charge is 0.0718 e. The first kappa shape index (κ1) is 7.34. The third-order valence-electron chi connectivity index (χ3n) is 3.70. The molecular formula is C10H17NO. The Morgan fingerprint density at radius 3 is 2.83 bits per heavy atom. The second kappa shape index (κ2) is 2.24. The van der Waals surface area contributed by atoms with Crippen LogP contribution in [0.1, 0.15) is 26.2 Å². The van der Waals surface area contributed by atoms with E-state index in [-0.39, 0.29) is 0 Å². The lowest BCUT2D eigenvalue weighted by Gasteiger charge is -2.29. The molecule has 0 aromatic heterocycles. The van der Waals surface area contributed by atoms with E-state index in [2.05, 4.69) is 11.8 Å². The molecule has 3 rings (SSSR count). The molecule has 2 aliphatic heterocycles. The van der Waals surface area contributed by atoms with E-state index < -0.39 is 0 Å². The molecule has 0 aromatic rings. The summed E-state index contributed by atoms with van der Waals surface area (Å²) >= 11 is 0. The van der Waals surface area contributed by atoms with Crippen LogP contribution in [0.3, 0.4) is 0 Å². The van der Waals surface area contributed by atoms with Gasteiger partial charge in [0, 0.05) is 19.1 Å². The maximum atomic E-state index is 5.58. The summed E-state index contributed by atoms with van der Waals surface area (Å²) in [6, 6.07) is 0.771. The fourth-order valence-electron chi connectivity index (χ4n) is 2.53. The molecule has 0 radical (unpaired) electrons. The Kier molecular flexibility index (Phi) is 1.37. The van der Waals surface area contributed by atoms with Crippen molar-refractivity contribution in [3.63, 3.8) is 0 Å². The van der Waals surface area contributed by atoms with E-state index in [0.29, 0.717) is 11.5 Å². The van der Waals surface area contributed by atoms with Crippen LogP contribution in [0.2, 0.25) is 0 Å². The van der Waals surface area contributed by atoms with Crippen molar-refractivity contribution in [2.75, 3.05) is 19.7 Å². The quantitative estimate of drug-likeness (QED) is 0.614. The summed E-state index contributed by atoms with van der Waals surface area (Å²) in [4.78, 5) is 2.65. The highest BCUT2D eigenvalue weighted by atomic mass is 16.5. The zero-order valence-electron chi connectivity index (χ0n) is 7.75. The van der Waals surface area contributed by atoms with Crippen LogP contribution in [0.25, 0.3) is 0 Å². The molecular weight excluding hydrogens is 150 g/mol. The monoisotopic (exact) mass is 167 g/mol. The summed E-state index contributed by atoms with van der Waals surface area (Å²) in [7, 11) is 0. The van der Waals surface area contributed by atoms with Crippen molar-refractivity contribution in [3.05, 3.63) is 0 Å². The minimum Gasteiger partial charge on any atom is -0.375 e. The number of hydrogen-bond donors (Lipinski definition) is 0. The lowest BCUT2D eigenvalue weighted by molar-refractivity contribution is 0.0235. The Hall–Kier alpha value is -0.0800. The van der Waals surface area contributed by atoms with Crippen LogP contribution in [0.15, 0.2) is 0 Å². The van der Waals surface area contributed by atoms with Crippen molar-refractivity contribution >= 4 is 0 Å². The van der Waals surface area contributed by atoms with Crippen LogP contribution in [0.5, 0.6) is 0 Å². The number of fused-ring (bicyclic) bond motifs is 2. The lowest BCUT2D eigenvalue weighted by Crippen LogP contribution is -2.40. The number of morpholine rings is 1. The first-order valence-electron chi connectivity index (χ1n) is 5.11. The predicted octanol–water partition coefficient (Wildman–Crippen LogP) is 1.26. The molecule has 0 aromatic carbocycles. The molecule has 1 saturated carbocycles. The number of hydrogen-bond acceptors (Lipinski definition) is 2. The summed E-state index contributed by atoms with van der Waals surface area (Å²) in [5.74, 6) is 0. The molecule has 12 heavy (non-hydrogen) atoms. The predicted molar refractivity (Wildman–Crippen MR) is 47.1 cm³/mol. The van der Waals surface area contributed by atoms with E-state index in [0.717, 1.165) is 12.6 Å². The number of ether oxygens (including phenoxy) is 1. The molecule has 3 fully saturated rings. The lowest BCUT2D eigenvalue weighted by atomic mass is 10.1. The Morgan fingerprint density at radius 2 is 2.33 bits per heavy atom. The van der Waals surface area contributed by atoms with Crippen molar-refractivity contribution in [2.45, 2.75) is 38.3 Å². The highest BCUT2D eigenvalue weighted by Gasteiger charge is 2.45. The van der Waals surface area contributed by atoms with Gasteiger partial charge in [0.15, 0.2) is 0 Å². The second-order valence-corrected chi connectivity index (χ2v) is 5.08. The Balaban J connectivity index is 1.64. The van der Waals surface area contributed by atoms with Crippen LogP contribution in [-0.2, 0) is 4.74 Å². The minimum atomic E-state index is 0.581. The van der Waals surface area contributed by atoms with Gasteiger partial charge in [-0.3, -0.25) is 4.90 Å². The van der Waals surface area contributed by atoms with Crippen LogP contribution in [0, 0.1) is 5.41 Å². The van der Waals surface area contributed by atoms with Crippen molar-refractivity contribution < 1.29 is 4.74 Å². The number of likely N-dealkylation sites (tertiary alicyclic amines) is 1. The SMILES string of the molecule is CC1(CN2C[C@@H]3CC2CO3)CC1. The average Bonchev–Trinajstić information content (AvgIpc) is 2.48. The fraction of sp³-hybridized carbons (Fsp3) is 1.00. The molecule has 1 unspecified atom stereocenters. The van der Waals surface area contributed by atoms with Crippen molar-refractivity contribution in [1.29, 1.82) is 0 Å². The summed E-state index contributed by atoms with van der Waals surface area (Å²) in [6.45, 7) is 5.96. The first-order valence-corrected chi connectivity index (χ1v) is 5.11. The molecule has 2 atom stereocenters. The average molecular weight is 167 g/mol. The summed E-state index contributed by atoms with van der Waals surface area (Å²) < 4.78 is 5.58. The topological polar surface area (TPSA) is 12.5 Å². The van der Waals surface area contributed by atoms with Crippen LogP contribution in [0.4, 0.5) is 0 Å². The standard InChI is InChI=1S/C10H17NO/c1-10(2-3-10)7-11-5-9-4-8(11)6-12-9/h8-9H,2-7H2,1H3/t8?,9-/m0/s1. The zero-order chi connectivity index (χ0) is 8.18. The molecule has 1 aliphatic carbocycles. The van der Waals surface area contributed by atoms with Crippen molar-refractivity contribution in [3.8, 4) is 0 Å². The first-order chi connectivity index (χ1) is 5.75. The molecule has 2 saturated heterocycles. The maximum Gasteiger partial charge on any atom is 0.0718 e. The van der Waals surface area contributed by atoms with E-state index in [4.69, 9.17) is 4.74 Å². The molecule has 2 bridgehead atoms. The highest BCUT2D eigenvalue weighted by molar-refractivity contribution is 4.98. The van der Waals surface area contributed by atoms with Gasteiger partial charge in [-0.05, 0) is 24.7 Å². The fourth-order valence-corrected chi connectivity index (χ4v) is 2.53. The zero-order valence-corrected chi connectivity index (χ0v) is 7.75. The van der Waals surface area contributed by atoms with E-state index in [9.17, 15) is 0 Å². The molecule has 0 spiro atoms. The van der Waals surface area contributed by atoms with Gasteiger partial charge < -0.3 is 4.74 Å². The maximum absolute atomic E-state index is 5.58. The summed E-state index contributed by atoms with van der Waals surface area (Å²) in [5, 5.41) is 0. The van der Waals surface area contributed by atoms with Gasteiger partial charge in [-0.25, -0.2) is 0 Å². The largest absolute Gasteiger partial charge is 0.375 e. The van der Waals surface area contributed by atoms with Gasteiger partial charge in [-0.15, -0.1) is 0 Å². The number of nitrogens with zero attached hydrogens (tertiary/aromatic N) is 1. The van der Waals surface area contributed by atoms with E-state index in [1.165, 1.54) is 32.4 Å². The third kappa shape index (κ3) is 1.09. The van der Waals surface area contributed by atoms with E-state index in [1.54, 1.807) is 0 Å². The molecule has 3 aliphatic rings. The third-order valence-corrected chi connectivity index (χ3v) is 3.70. The van der Waals surface area contributed by atoms with Gasteiger partial charge in [-0.1, -0.05) is 6.92 Å². The molecule has 2 nitrogen and oxygen atoms in total. The van der Waals surface area contributed by atoms with E-state index >= 15 is 0 Å². The minimum absolute atomic E-state index is 0.581. The molecule has 68 valence electrons. The Labute approximate surface area is 73.9 Å². The van der Waals surface area contributed by atoms with Crippen molar-refractivity contribution in [2.24, 2.45) is 5.41 Å². The second-order valence-electron chi connectivity index (χ2n) is 5.08. The number of rotatable bonds is 2. The van der Waals surface area contributed by atoms with Gasteiger partial charge in [-0.2, -0.15) is 0 Å². The van der Waals surface area contributed by atoms with Gasteiger partial charge >= 0.3 is 0 Å². The summed E-state index contributed by atoms with van der Waals surface area (Å²) in [5.41, 5.74) is 0.685. The van der Waals surface area contributed by atoms with Crippen LogP contribution in [-0.4, -0.2) is 36.7 Å². The van der Waals surface area contributed by atoms with Crippen molar-refractivity contribution in [1.82, 2.24) is 4.90 Å². The highest BCUT2D eigenvalue weighted by Crippen LogP contribution is 2.47. The van der Waals surface area contributed by atoms with Gasteiger partial charge in [0.05, 0.1) is 12.7 Å². The molecule has 2 heterocycles. The van der Waals surface area contributed by atoms with Crippen LogP contribution < -0.4 is 0 Å². The summed E-state index contributed by atoms with van der Waals surface area (Å²) in [6.07, 6.45) is 4.77. The molecule has 2 heteroatoms. The molecule has 0 N–H and O–H groups in total. The molecule has 0 amide bonds. The Bertz CT molecular complexity index is 200. The van der Waals surface area contributed by atoms with Gasteiger partial charge in [0.1, 0.15) is 0 Å². The van der Waals surface area contributed by atoms with Crippen LogP contribution >= 0.6 is 0 Å². The van der Waals surface area contributed by atoms with Gasteiger partial charge in [0.2, 0.25) is 0 Å².